The van der Waals surface area contributed by atoms with E-state index in [4.69, 9.17) is 0 Å². The first-order valence-corrected chi connectivity index (χ1v) is 8.14. The van der Waals surface area contributed by atoms with Crippen LogP contribution in [0.1, 0.15) is 78.6 Å². The number of quaternary nitrogens is 1. The van der Waals surface area contributed by atoms with Crippen molar-refractivity contribution in [1.29, 1.82) is 0 Å². The molecular weight excluding hydrogens is 206 g/mol. The highest BCUT2D eigenvalue weighted by Gasteiger charge is 2.34. The molecule has 0 saturated heterocycles. The molecule has 0 unspecified atom stereocenters. The van der Waals surface area contributed by atoms with E-state index in [9.17, 15) is 0 Å². The summed E-state index contributed by atoms with van der Waals surface area (Å²) >= 11 is 0. The summed E-state index contributed by atoms with van der Waals surface area (Å²) in [5, 5.41) is 0. The largest absolute Gasteiger partial charge is 0.321 e. The van der Waals surface area contributed by atoms with Crippen molar-refractivity contribution < 1.29 is 4.48 Å². The van der Waals surface area contributed by atoms with E-state index in [0.717, 1.165) is 6.04 Å². The summed E-state index contributed by atoms with van der Waals surface area (Å²) in [6.07, 6.45) is 13.0. The second-order valence-electron chi connectivity index (χ2n) is 5.98. The average Bonchev–Trinajstić information content (AvgIpc) is 2.41. The maximum absolute atomic E-state index is 2.43. The molecule has 0 radical (unpaired) electrons. The van der Waals surface area contributed by atoms with Crippen molar-refractivity contribution in [2.45, 2.75) is 84.6 Å². The van der Waals surface area contributed by atoms with Gasteiger partial charge in [-0.3, -0.25) is 0 Å². The van der Waals surface area contributed by atoms with Gasteiger partial charge in [-0.2, -0.15) is 0 Å². The third-order valence-corrected chi connectivity index (χ3v) is 4.89. The van der Waals surface area contributed by atoms with Gasteiger partial charge in [-0.1, -0.05) is 33.1 Å². The molecule has 0 aromatic carbocycles. The van der Waals surface area contributed by atoms with E-state index in [-0.39, 0.29) is 0 Å². The zero-order valence-corrected chi connectivity index (χ0v) is 12.5. The zero-order chi connectivity index (χ0) is 12.6. The molecule has 0 aliphatic heterocycles. The van der Waals surface area contributed by atoms with Crippen LogP contribution in [-0.2, 0) is 0 Å². The lowest BCUT2D eigenvalue weighted by Crippen LogP contribution is -2.57. The number of hydrogen-bond donors (Lipinski definition) is 0. The van der Waals surface area contributed by atoms with Crippen LogP contribution in [0.5, 0.6) is 0 Å². The normalized spacial score (nSPS) is 18.5. The maximum Gasteiger partial charge on any atom is 0.0890 e. The van der Waals surface area contributed by atoms with Gasteiger partial charge in [0.2, 0.25) is 0 Å². The third kappa shape index (κ3) is 4.28. The monoisotopic (exact) mass is 240 g/mol. The average molecular weight is 240 g/mol. The molecule has 102 valence electrons. The molecule has 0 atom stereocenters. The Bertz CT molecular complexity index is 174. The summed E-state index contributed by atoms with van der Waals surface area (Å²) < 4.78 is 1.45. The fraction of sp³-hybridized carbons (Fsp3) is 1.00. The molecule has 0 amide bonds. The van der Waals surface area contributed by atoms with Crippen molar-refractivity contribution in [3.63, 3.8) is 0 Å². The number of hydrogen-bond acceptors (Lipinski definition) is 0. The molecule has 0 aromatic heterocycles. The van der Waals surface area contributed by atoms with Gasteiger partial charge in [0.1, 0.15) is 0 Å². The van der Waals surface area contributed by atoms with Crippen molar-refractivity contribution in [2.24, 2.45) is 0 Å². The van der Waals surface area contributed by atoms with Crippen LogP contribution in [0.4, 0.5) is 0 Å². The molecule has 1 heteroatoms. The summed E-state index contributed by atoms with van der Waals surface area (Å²) in [6, 6.07) is 0.992. The minimum atomic E-state index is 0.992. The lowest BCUT2D eigenvalue weighted by molar-refractivity contribution is -0.951. The molecule has 0 heterocycles. The van der Waals surface area contributed by atoms with E-state index in [2.05, 4.69) is 20.8 Å². The molecule has 17 heavy (non-hydrogen) atoms. The fourth-order valence-electron chi connectivity index (χ4n) is 3.63. The number of unbranched alkanes of at least 4 members (excludes halogenated alkanes) is 2. The summed E-state index contributed by atoms with van der Waals surface area (Å²) in [4.78, 5) is 0. The van der Waals surface area contributed by atoms with E-state index in [1.54, 1.807) is 0 Å². The van der Waals surface area contributed by atoms with Gasteiger partial charge in [0.15, 0.2) is 0 Å². The molecule has 1 nitrogen and oxygen atoms in total. The smallest absolute Gasteiger partial charge is 0.0890 e. The number of nitrogens with zero attached hydrogens (tertiary/aromatic N) is 1. The predicted octanol–water partition coefficient (Wildman–Crippen LogP) is 4.76. The molecule has 1 aliphatic carbocycles. The van der Waals surface area contributed by atoms with Crippen molar-refractivity contribution >= 4 is 0 Å². The first kappa shape index (κ1) is 15.0. The van der Waals surface area contributed by atoms with Crippen molar-refractivity contribution in [3.8, 4) is 0 Å². The molecule has 1 saturated carbocycles. The van der Waals surface area contributed by atoms with Gasteiger partial charge in [0.25, 0.3) is 0 Å². The van der Waals surface area contributed by atoms with Crippen LogP contribution in [0.3, 0.4) is 0 Å². The minimum absolute atomic E-state index is 0.992. The van der Waals surface area contributed by atoms with E-state index in [0.29, 0.717) is 0 Å². The Labute approximate surface area is 109 Å². The van der Waals surface area contributed by atoms with Crippen LogP contribution in [0, 0.1) is 0 Å². The minimum Gasteiger partial charge on any atom is -0.321 e. The molecule has 0 bridgehead atoms. The van der Waals surface area contributed by atoms with E-state index >= 15 is 0 Å². The van der Waals surface area contributed by atoms with E-state index < -0.39 is 0 Å². The van der Waals surface area contributed by atoms with Gasteiger partial charge < -0.3 is 4.48 Å². The highest BCUT2D eigenvalue weighted by molar-refractivity contribution is 4.68. The van der Waals surface area contributed by atoms with Crippen molar-refractivity contribution in [2.75, 3.05) is 19.6 Å². The van der Waals surface area contributed by atoms with Crippen LogP contribution < -0.4 is 0 Å². The fourth-order valence-corrected chi connectivity index (χ4v) is 3.63. The summed E-state index contributed by atoms with van der Waals surface area (Å²) in [6.45, 7) is 11.4. The highest BCUT2D eigenvalue weighted by atomic mass is 15.4. The van der Waals surface area contributed by atoms with Crippen LogP contribution in [-0.4, -0.2) is 30.2 Å². The molecular formula is C16H34N+. The standard InChI is InChI=1S/C16H34N/c1-4-7-14-17(6-3,15-8-5-2)16-12-10-9-11-13-16/h16H,4-15H2,1-3H3/q+1. The highest BCUT2D eigenvalue weighted by Crippen LogP contribution is 2.29. The van der Waals surface area contributed by atoms with Gasteiger partial charge in [-0.05, 0) is 45.4 Å². The van der Waals surface area contributed by atoms with Gasteiger partial charge in [-0.25, -0.2) is 0 Å². The Morgan fingerprint density at radius 1 is 0.824 bits per heavy atom. The quantitative estimate of drug-likeness (QED) is 0.537. The summed E-state index contributed by atoms with van der Waals surface area (Å²) in [5.41, 5.74) is 0. The molecule has 0 aromatic rings. The van der Waals surface area contributed by atoms with Gasteiger partial charge in [0.05, 0.1) is 25.7 Å². The molecule has 0 N–H and O–H groups in total. The van der Waals surface area contributed by atoms with Crippen LogP contribution in [0.25, 0.3) is 0 Å². The summed E-state index contributed by atoms with van der Waals surface area (Å²) in [5.74, 6) is 0. The Balaban J connectivity index is 2.64. The Morgan fingerprint density at radius 2 is 1.35 bits per heavy atom. The first-order valence-electron chi connectivity index (χ1n) is 8.14. The van der Waals surface area contributed by atoms with Crippen molar-refractivity contribution in [1.82, 2.24) is 0 Å². The maximum atomic E-state index is 2.43. The Kier molecular flexibility index (Phi) is 7.18. The SMILES string of the molecule is CCCC[N+](CC)(CCCC)C1CCCCC1. The lowest BCUT2D eigenvalue weighted by atomic mass is 9.91. The van der Waals surface area contributed by atoms with Gasteiger partial charge in [-0.15, -0.1) is 0 Å². The molecule has 0 spiro atoms. The van der Waals surface area contributed by atoms with Crippen LogP contribution >= 0.6 is 0 Å². The van der Waals surface area contributed by atoms with Crippen LogP contribution in [0.15, 0.2) is 0 Å². The second-order valence-corrected chi connectivity index (χ2v) is 5.98. The van der Waals surface area contributed by atoms with Crippen LogP contribution in [0.2, 0.25) is 0 Å². The molecule has 1 rings (SSSR count). The van der Waals surface area contributed by atoms with Crippen molar-refractivity contribution in [3.05, 3.63) is 0 Å². The van der Waals surface area contributed by atoms with E-state index in [1.165, 1.54) is 81.9 Å². The Morgan fingerprint density at radius 3 is 1.76 bits per heavy atom. The summed E-state index contributed by atoms with van der Waals surface area (Å²) in [7, 11) is 0. The van der Waals surface area contributed by atoms with Gasteiger partial charge >= 0.3 is 0 Å². The second kappa shape index (κ2) is 8.13. The molecule has 1 aliphatic rings. The topological polar surface area (TPSA) is 0 Å². The zero-order valence-electron chi connectivity index (χ0n) is 12.5. The first-order chi connectivity index (χ1) is 8.29. The predicted molar refractivity (Wildman–Crippen MR) is 77.2 cm³/mol. The van der Waals surface area contributed by atoms with E-state index in [1.807, 2.05) is 0 Å². The lowest BCUT2D eigenvalue weighted by Gasteiger charge is -2.46. The number of rotatable bonds is 8. The van der Waals surface area contributed by atoms with Gasteiger partial charge in [0, 0.05) is 0 Å². The Hall–Kier alpha value is -0.0400. The third-order valence-electron chi connectivity index (χ3n) is 4.89. The molecule has 1 fully saturated rings.